The average molecular weight is 442 g/mol. The second-order valence-corrected chi connectivity index (χ2v) is 8.51. The summed E-state index contributed by atoms with van der Waals surface area (Å²) in [5.74, 6) is -0.708. The number of hydrogen-bond donors (Lipinski definition) is 1. The minimum absolute atomic E-state index is 0.0435. The molecule has 1 aliphatic rings. The summed E-state index contributed by atoms with van der Waals surface area (Å²) in [6.07, 6.45) is 2.80. The summed E-state index contributed by atoms with van der Waals surface area (Å²) < 4.78 is 13.6. The van der Waals surface area contributed by atoms with E-state index in [0.717, 1.165) is 28.4 Å². The molecule has 0 bridgehead atoms. The zero-order valence-electron chi connectivity index (χ0n) is 17.3. The standard InChI is InChI=1S/C22H24FN5O2S/c1-15-5-6-16(14-17(15)23)25-19(29)7-8-20(30)27-10-3-11-28(13-12-27)22-26-18-4-2-9-24-21(18)31-22/h2,4-6,9,14H,3,7-8,10-13H2,1H3,(H,25,29). The first-order valence-corrected chi connectivity index (χ1v) is 11.1. The van der Waals surface area contributed by atoms with Crippen molar-refractivity contribution >= 4 is 44.3 Å². The Labute approximate surface area is 183 Å². The summed E-state index contributed by atoms with van der Waals surface area (Å²) in [6, 6.07) is 8.38. The minimum Gasteiger partial charge on any atom is -0.346 e. The number of carbonyl (C=O) groups excluding carboxylic acids is 2. The van der Waals surface area contributed by atoms with Gasteiger partial charge in [-0.1, -0.05) is 17.4 Å². The van der Waals surface area contributed by atoms with Crippen LogP contribution in [0.15, 0.2) is 36.5 Å². The minimum atomic E-state index is -0.369. The highest BCUT2D eigenvalue weighted by molar-refractivity contribution is 7.21. The first-order valence-electron chi connectivity index (χ1n) is 10.3. The van der Waals surface area contributed by atoms with Crippen molar-refractivity contribution in [3.63, 3.8) is 0 Å². The number of carbonyl (C=O) groups is 2. The Morgan fingerprint density at radius 3 is 2.84 bits per heavy atom. The van der Waals surface area contributed by atoms with Crippen molar-refractivity contribution in [3.05, 3.63) is 47.9 Å². The SMILES string of the molecule is Cc1ccc(NC(=O)CCC(=O)N2CCCN(c3nc4cccnc4s3)CC2)cc1F. The Kier molecular flexibility index (Phi) is 6.41. The zero-order valence-corrected chi connectivity index (χ0v) is 18.1. The molecule has 0 aliphatic carbocycles. The van der Waals surface area contributed by atoms with E-state index in [2.05, 4.69) is 20.2 Å². The van der Waals surface area contributed by atoms with Crippen molar-refractivity contribution in [2.45, 2.75) is 26.2 Å². The number of aryl methyl sites for hydroxylation is 1. The molecule has 0 unspecified atom stereocenters. The van der Waals surface area contributed by atoms with Crippen LogP contribution in [0.3, 0.4) is 0 Å². The fraction of sp³-hybridized carbons (Fsp3) is 0.364. The number of nitrogens with one attached hydrogen (secondary N) is 1. The van der Waals surface area contributed by atoms with Crippen molar-refractivity contribution in [1.82, 2.24) is 14.9 Å². The van der Waals surface area contributed by atoms with Crippen molar-refractivity contribution in [1.29, 1.82) is 0 Å². The summed E-state index contributed by atoms with van der Waals surface area (Å²) in [5.41, 5.74) is 1.81. The molecule has 7 nitrogen and oxygen atoms in total. The van der Waals surface area contributed by atoms with Gasteiger partial charge in [-0.15, -0.1) is 0 Å². The van der Waals surface area contributed by atoms with Crippen LogP contribution in [-0.4, -0.2) is 52.9 Å². The van der Waals surface area contributed by atoms with Gasteiger partial charge in [-0.25, -0.2) is 14.4 Å². The Morgan fingerprint density at radius 1 is 1.16 bits per heavy atom. The summed E-state index contributed by atoms with van der Waals surface area (Å²) in [4.78, 5) is 38.7. The number of pyridine rings is 1. The van der Waals surface area contributed by atoms with E-state index in [1.54, 1.807) is 36.6 Å². The van der Waals surface area contributed by atoms with Crippen molar-refractivity contribution in [2.75, 3.05) is 36.4 Å². The summed E-state index contributed by atoms with van der Waals surface area (Å²) in [5, 5.41) is 3.57. The Hall–Kier alpha value is -3.07. The second-order valence-electron chi connectivity index (χ2n) is 7.56. The molecule has 3 aromatic rings. The van der Waals surface area contributed by atoms with E-state index in [1.807, 2.05) is 17.0 Å². The molecule has 2 amide bonds. The molecule has 0 radical (unpaired) electrons. The average Bonchev–Trinajstić information content (AvgIpc) is 3.04. The highest BCUT2D eigenvalue weighted by Crippen LogP contribution is 2.27. The van der Waals surface area contributed by atoms with Crippen molar-refractivity contribution < 1.29 is 14.0 Å². The molecule has 162 valence electrons. The fourth-order valence-electron chi connectivity index (χ4n) is 3.52. The number of halogens is 1. The number of hydrogen-bond acceptors (Lipinski definition) is 6. The molecular formula is C22H24FN5O2S. The van der Waals surface area contributed by atoms with E-state index in [4.69, 9.17) is 0 Å². The molecule has 9 heteroatoms. The highest BCUT2D eigenvalue weighted by Gasteiger charge is 2.21. The lowest BCUT2D eigenvalue weighted by Crippen LogP contribution is -2.35. The summed E-state index contributed by atoms with van der Waals surface area (Å²) >= 11 is 1.56. The molecule has 0 atom stereocenters. The van der Waals surface area contributed by atoms with Crippen LogP contribution >= 0.6 is 11.3 Å². The quantitative estimate of drug-likeness (QED) is 0.655. The predicted molar refractivity (Wildman–Crippen MR) is 120 cm³/mol. The van der Waals surface area contributed by atoms with Gasteiger partial charge in [0.15, 0.2) is 5.13 Å². The van der Waals surface area contributed by atoms with Gasteiger partial charge in [-0.05, 0) is 43.2 Å². The van der Waals surface area contributed by atoms with Gasteiger partial charge in [0.1, 0.15) is 16.2 Å². The second kappa shape index (κ2) is 9.38. The lowest BCUT2D eigenvalue weighted by Gasteiger charge is -2.21. The third-order valence-electron chi connectivity index (χ3n) is 5.30. The molecule has 0 spiro atoms. The molecule has 1 aliphatic heterocycles. The predicted octanol–water partition coefficient (Wildman–Crippen LogP) is 3.60. The van der Waals surface area contributed by atoms with Gasteiger partial charge in [0, 0.05) is 50.9 Å². The van der Waals surface area contributed by atoms with Gasteiger partial charge >= 0.3 is 0 Å². The number of rotatable bonds is 5. The maximum atomic E-state index is 13.6. The van der Waals surface area contributed by atoms with Gasteiger partial charge in [-0.3, -0.25) is 9.59 Å². The van der Waals surface area contributed by atoms with Crippen molar-refractivity contribution in [3.8, 4) is 0 Å². The molecule has 4 rings (SSSR count). The third kappa shape index (κ3) is 5.16. The number of fused-ring (bicyclic) bond motifs is 1. The first-order chi connectivity index (χ1) is 15.0. The number of anilines is 2. The van der Waals surface area contributed by atoms with E-state index in [1.165, 1.54) is 6.07 Å². The summed E-state index contributed by atoms with van der Waals surface area (Å²) in [6.45, 7) is 4.43. The Balaban J connectivity index is 1.28. The number of amides is 2. The summed E-state index contributed by atoms with van der Waals surface area (Å²) in [7, 11) is 0. The van der Waals surface area contributed by atoms with Crippen LogP contribution in [0, 0.1) is 12.7 Å². The normalized spacial score (nSPS) is 14.5. The lowest BCUT2D eigenvalue weighted by atomic mass is 10.2. The van der Waals surface area contributed by atoms with Crippen LogP contribution in [-0.2, 0) is 9.59 Å². The molecule has 2 aromatic heterocycles. The van der Waals surface area contributed by atoms with Crippen LogP contribution in [0.1, 0.15) is 24.8 Å². The number of nitrogens with zero attached hydrogens (tertiary/aromatic N) is 4. The number of thiazole rings is 1. The largest absolute Gasteiger partial charge is 0.346 e. The lowest BCUT2D eigenvalue weighted by molar-refractivity contribution is -0.132. The maximum absolute atomic E-state index is 13.6. The van der Waals surface area contributed by atoms with Crippen molar-refractivity contribution in [2.24, 2.45) is 0 Å². The highest BCUT2D eigenvalue weighted by atomic mass is 32.1. The maximum Gasteiger partial charge on any atom is 0.224 e. The monoisotopic (exact) mass is 441 g/mol. The first kappa shape index (κ1) is 21.2. The van der Waals surface area contributed by atoms with E-state index in [0.29, 0.717) is 30.9 Å². The molecule has 1 saturated heterocycles. The molecule has 1 fully saturated rings. The molecule has 31 heavy (non-hydrogen) atoms. The van der Waals surface area contributed by atoms with Crippen LogP contribution < -0.4 is 10.2 Å². The zero-order chi connectivity index (χ0) is 21.8. The van der Waals surface area contributed by atoms with Crippen LogP contribution in [0.5, 0.6) is 0 Å². The van der Waals surface area contributed by atoms with Gasteiger partial charge in [0.05, 0.1) is 0 Å². The van der Waals surface area contributed by atoms with Gasteiger partial charge in [0.25, 0.3) is 0 Å². The molecule has 1 N–H and O–H groups in total. The molecule has 1 aromatic carbocycles. The third-order valence-corrected chi connectivity index (χ3v) is 6.34. The topological polar surface area (TPSA) is 78.4 Å². The van der Waals surface area contributed by atoms with Gasteiger partial charge < -0.3 is 15.1 Å². The van der Waals surface area contributed by atoms with E-state index < -0.39 is 0 Å². The smallest absolute Gasteiger partial charge is 0.224 e. The molecule has 0 saturated carbocycles. The van der Waals surface area contributed by atoms with E-state index >= 15 is 0 Å². The Bertz CT molecular complexity index is 1070. The van der Waals surface area contributed by atoms with E-state index in [-0.39, 0.29) is 30.5 Å². The number of aromatic nitrogens is 2. The van der Waals surface area contributed by atoms with Crippen LogP contribution in [0.25, 0.3) is 10.3 Å². The molecule has 3 heterocycles. The Morgan fingerprint density at radius 2 is 2.03 bits per heavy atom. The molecular weight excluding hydrogens is 417 g/mol. The van der Waals surface area contributed by atoms with Gasteiger partial charge in [0.2, 0.25) is 11.8 Å². The fourth-order valence-corrected chi connectivity index (χ4v) is 4.48. The number of benzene rings is 1. The van der Waals surface area contributed by atoms with Crippen LogP contribution in [0.4, 0.5) is 15.2 Å². The van der Waals surface area contributed by atoms with Crippen LogP contribution in [0.2, 0.25) is 0 Å². The van der Waals surface area contributed by atoms with Gasteiger partial charge in [-0.2, -0.15) is 0 Å². The van der Waals surface area contributed by atoms with E-state index in [9.17, 15) is 14.0 Å².